The largest absolute Gasteiger partial charge is 0.412 e. The van der Waals surface area contributed by atoms with Crippen LogP contribution in [0.2, 0.25) is 0 Å². The number of nitrogens with zero attached hydrogens (tertiary/aromatic N) is 1. The zero-order valence-electron chi connectivity index (χ0n) is 13.8. The van der Waals surface area contributed by atoms with Crippen molar-refractivity contribution in [3.05, 3.63) is 102 Å². The molecule has 1 nitrogen and oxygen atoms in total. The maximum absolute atomic E-state index is 14.0. The van der Waals surface area contributed by atoms with Gasteiger partial charge in [0.1, 0.15) is 6.04 Å². The van der Waals surface area contributed by atoms with Gasteiger partial charge in [0.15, 0.2) is 0 Å². The Balaban J connectivity index is 1.96. The molecule has 0 fully saturated rings. The van der Waals surface area contributed by atoms with E-state index in [0.29, 0.717) is 16.9 Å². The Morgan fingerprint density at radius 2 is 1.27 bits per heavy atom. The SMILES string of the molecule is FC(F)(F)C1C=C(c2ccccc2)c2ccccc2N1c1ccccc1. The Hall–Kier alpha value is -3.01. The van der Waals surface area contributed by atoms with Crippen molar-refractivity contribution in [2.45, 2.75) is 12.2 Å². The van der Waals surface area contributed by atoms with E-state index in [9.17, 15) is 13.2 Å². The summed E-state index contributed by atoms with van der Waals surface area (Å²) < 4.78 is 41.9. The van der Waals surface area contributed by atoms with Crippen LogP contribution in [0.4, 0.5) is 24.5 Å². The number of fused-ring (bicyclic) bond motifs is 1. The Bertz CT molecular complexity index is 930. The smallest absolute Gasteiger partial charge is 0.325 e. The molecule has 1 heterocycles. The lowest BCUT2D eigenvalue weighted by Gasteiger charge is -2.38. The summed E-state index contributed by atoms with van der Waals surface area (Å²) in [7, 11) is 0. The van der Waals surface area contributed by atoms with Gasteiger partial charge in [-0.1, -0.05) is 66.7 Å². The van der Waals surface area contributed by atoms with Crippen molar-refractivity contribution in [3.8, 4) is 0 Å². The van der Waals surface area contributed by atoms with Crippen LogP contribution in [0.15, 0.2) is 91.0 Å². The molecule has 130 valence electrons. The molecule has 26 heavy (non-hydrogen) atoms. The third-order valence-electron chi connectivity index (χ3n) is 4.51. The topological polar surface area (TPSA) is 3.24 Å². The van der Waals surface area contributed by atoms with E-state index >= 15 is 0 Å². The molecule has 4 heteroatoms. The molecule has 0 amide bonds. The number of alkyl halides is 3. The maximum Gasteiger partial charge on any atom is 0.412 e. The van der Waals surface area contributed by atoms with Gasteiger partial charge in [-0.2, -0.15) is 13.2 Å². The zero-order valence-corrected chi connectivity index (χ0v) is 13.8. The van der Waals surface area contributed by atoms with E-state index in [-0.39, 0.29) is 0 Å². The molecule has 1 atom stereocenters. The highest BCUT2D eigenvalue weighted by Crippen LogP contribution is 2.45. The molecule has 1 aliphatic heterocycles. The molecular formula is C22H16F3N. The first-order valence-electron chi connectivity index (χ1n) is 8.33. The first-order valence-corrected chi connectivity index (χ1v) is 8.33. The van der Waals surface area contributed by atoms with Gasteiger partial charge in [-0.15, -0.1) is 0 Å². The second kappa shape index (κ2) is 6.37. The van der Waals surface area contributed by atoms with Crippen molar-refractivity contribution in [2.75, 3.05) is 4.90 Å². The number of benzene rings is 3. The van der Waals surface area contributed by atoms with Gasteiger partial charge >= 0.3 is 6.18 Å². The van der Waals surface area contributed by atoms with Crippen LogP contribution in [0, 0.1) is 0 Å². The van der Waals surface area contributed by atoms with Gasteiger partial charge in [0, 0.05) is 16.9 Å². The van der Waals surface area contributed by atoms with Crippen LogP contribution in [-0.2, 0) is 0 Å². The van der Waals surface area contributed by atoms with Gasteiger partial charge in [0.05, 0.1) is 0 Å². The fraction of sp³-hybridized carbons (Fsp3) is 0.0909. The highest BCUT2D eigenvalue weighted by Gasteiger charge is 2.45. The summed E-state index contributed by atoms with van der Waals surface area (Å²) in [5.41, 5.74) is 3.26. The Labute approximate surface area is 150 Å². The molecule has 1 aliphatic rings. The highest BCUT2D eigenvalue weighted by molar-refractivity contribution is 5.92. The maximum atomic E-state index is 14.0. The summed E-state index contributed by atoms with van der Waals surface area (Å²) in [6, 6.07) is 23.4. The van der Waals surface area contributed by atoms with Gasteiger partial charge in [0.25, 0.3) is 0 Å². The van der Waals surface area contributed by atoms with Gasteiger partial charge in [-0.3, -0.25) is 0 Å². The molecule has 0 saturated heterocycles. The Kier molecular flexibility index (Phi) is 4.03. The third-order valence-corrected chi connectivity index (χ3v) is 4.51. The number of anilines is 2. The fourth-order valence-corrected chi connectivity index (χ4v) is 3.38. The average Bonchev–Trinajstić information content (AvgIpc) is 2.67. The number of hydrogen-bond acceptors (Lipinski definition) is 1. The molecule has 0 N–H and O–H groups in total. The molecule has 1 unspecified atom stereocenters. The minimum absolute atomic E-state index is 0.519. The van der Waals surface area contributed by atoms with Crippen molar-refractivity contribution >= 4 is 16.9 Å². The summed E-state index contributed by atoms with van der Waals surface area (Å²) in [4.78, 5) is 1.36. The molecule has 0 radical (unpaired) electrons. The highest BCUT2D eigenvalue weighted by atomic mass is 19.4. The van der Waals surface area contributed by atoms with E-state index in [0.717, 1.165) is 11.1 Å². The molecule has 3 aromatic rings. The van der Waals surface area contributed by atoms with Crippen molar-refractivity contribution in [3.63, 3.8) is 0 Å². The lowest BCUT2D eigenvalue weighted by molar-refractivity contribution is -0.136. The summed E-state index contributed by atoms with van der Waals surface area (Å²) >= 11 is 0. The summed E-state index contributed by atoms with van der Waals surface area (Å²) in [6.07, 6.45) is -3.08. The number of para-hydroxylation sites is 2. The van der Waals surface area contributed by atoms with Crippen LogP contribution < -0.4 is 4.90 Å². The Morgan fingerprint density at radius 3 is 1.92 bits per heavy atom. The van der Waals surface area contributed by atoms with E-state index < -0.39 is 12.2 Å². The molecule has 0 spiro atoms. The molecule has 0 bridgehead atoms. The number of rotatable bonds is 2. The minimum Gasteiger partial charge on any atom is -0.325 e. The van der Waals surface area contributed by atoms with E-state index in [4.69, 9.17) is 0 Å². The zero-order chi connectivity index (χ0) is 18.1. The van der Waals surface area contributed by atoms with Crippen molar-refractivity contribution < 1.29 is 13.2 Å². The minimum atomic E-state index is -4.40. The monoisotopic (exact) mass is 351 g/mol. The second-order valence-electron chi connectivity index (χ2n) is 6.16. The predicted octanol–water partition coefficient (Wildman–Crippen LogP) is 6.20. The summed E-state index contributed by atoms with van der Waals surface area (Å²) in [6.45, 7) is 0. The van der Waals surface area contributed by atoms with Crippen molar-refractivity contribution in [1.82, 2.24) is 0 Å². The first-order chi connectivity index (χ1) is 12.6. The van der Waals surface area contributed by atoms with Crippen LogP contribution in [0.25, 0.3) is 5.57 Å². The van der Waals surface area contributed by atoms with E-state index in [2.05, 4.69) is 0 Å². The van der Waals surface area contributed by atoms with Crippen LogP contribution in [0.3, 0.4) is 0 Å². The number of hydrogen-bond donors (Lipinski definition) is 0. The molecular weight excluding hydrogens is 335 g/mol. The van der Waals surface area contributed by atoms with Crippen LogP contribution in [0.5, 0.6) is 0 Å². The van der Waals surface area contributed by atoms with Crippen molar-refractivity contribution in [1.29, 1.82) is 0 Å². The lowest BCUT2D eigenvalue weighted by Crippen LogP contribution is -2.44. The van der Waals surface area contributed by atoms with Crippen molar-refractivity contribution in [2.24, 2.45) is 0 Å². The van der Waals surface area contributed by atoms with E-state index in [1.807, 2.05) is 42.5 Å². The van der Waals surface area contributed by atoms with Gasteiger partial charge in [-0.25, -0.2) is 0 Å². The van der Waals surface area contributed by atoms with Crippen LogP contribution >= 0.6 is 0 Å². The quantitative estimate of drug-likeness (QED) is 0.531. The standard InChI is InChI=1S/C22H16F3N/c23-22(24,25)21-15-19(16-9-3-1-4-10-16)18-13-7-8-14-20(18)26(21)17-11-5-2-6-12-17/h1-15,21H. The number of halogens is 3. The molecule has 0 aromatic heterocycles. The summed E-state index contributed by atoms with van der Waals surface area (Å²) in [5.74, 6) is 0. The predicted molar refractivity (Wildman–Crippen MR) is 98.4 cm³/mol. The molecule has 0 saturated carbocycles. The Morgan fingerprint density at radius 1 is 0.692 bits per heavy atom. The van der Waals surface area contributed by atoms with E-state index in [1.54, 1.807) is 42.5 Å². The van der Waals surface area contributed by atoms with Crippen LogP contribution in [0.1, 0.15) is 11.1 Å². The normalized spacial score (nSPS) is 16.8. The fourth-order valence-electron chi connectivity index (χ4n) is 3.38. The molecule has 3 aromatic carbocycles. The second-order valence-corrected chi connectivity index (χ2v) is 6.16. The van der Waals surface area contributed by atoms with Gasteiger partial charge < -0.3 is 4.90 Å². The third kappa shape index (κ3) is 2.88. The van der Waals surface area contributed by atoms with Crippen LogP contribution in [-0.4, -0.2) is 12.2 Å². The first kappa shape index (κ1) is 16.5. The van der Waals surface area contributed by atoms with E-state index in [1.165, 1.54) is 11.0 Å². The van der Waals surface area contributed by atoms with Gasteiger partial charge in [0.2, 0.25) is 0 Å². The molecule has 0 aliphatic carbocycles. The van der Waals surface area contributed by atoms with Gasteiger partial charge in [-0.05, 0) is 35.4 Å². The summed E-state index contributed by atoms with van der Waals surface area (Å²) in [5, 5.41) is 0. The molecule has 4 rings (SSSR count). The lowest BCUT2D eigenvalue weighted by atomic mass is 9.89. The average molecular weight is 351 g/mol.